The number of fused-ring (bicyclic) bond motifs is 1. The van der Waals surface area contributed by atoms with E-state index >= 15 is 0 Å². The van der Waals surface area contributed by atoms with Crippen molar-refractivity contribution in [1.29, 1.82) is 0 Å². The molecule has 0 bridgehead atoms. The maximum atomic E-state index is 12.2. The monoisotopic (exact) mass is 258 g/mol. The molecule has 2 aliphatic heterocycles. The normalized spacial score (nSPS) is 34.8. The maximum Gasteiger partial charge on any atom is 0.214 e. The minimum atomic E-state index is -2.97. The molecule has 5 heteroatoms. The molecule has 3 rings (SSSR count). The minimum Gasteiger partial charge on any atom is -0.314 e. The van der Waals surface area contributed by atoms with Crippen molar-refractivity contribution in [3.8, 4) is 0 Å². The Morgan fingerprint density at radius 1 is 1.18 bits per heavy atom. The summed E-state index contributed by atoms with van der Waals surface area (Å²) in [5.41, 5.74) is 0. The maximum absolute atomic E-state index is 12.2. The predicted molar refractivity (Wildman–Crippen MR) is 67.2 cm³/mol. The smallest absolute Gasteiger partial charge is 0.214 e. The van der Waals surface area contributed by atoms with Crippen LogP contribution < -0.4 is 5.32 Å². The highest BCUT2D eigenvalue weighted by Crippen LogP contribution is 2.33. The Hall–Kier alpha value is -0.130. The van der Waals surface area contributed by atoms with E-state index in [-0.39, 0.29) is 0 Å². The van der Waals surface area contributed by atoms with Gasteiger partial charge in [-0.3, -0.25) is 0 Å². The summed E-state index contributed by atoms with van der Waals surface area (Å²) in [5.74, 6) is 1.64. The molecule has 2 heterocycles. The van der Waals surface area contributed by atoms with E-state index in [9.17, 15) is 8.42 Å². The molecule has 0 radical (unpaired) electrons. The van der Waals surface area contributed by atoms with Crippen LogP contribution >= 0.6 is 0 Å². The van der Waals surface area contributed by atoms with E-state index in [2.05, 4.69) is 5.32 Å². The zero-order valence-electron chi connectivity index (χ0n) is 10.3. The molecule has 2 saturated heterocycles. The van der Waals surface area contributed by atoms with Gasteiger partial charge in [0, 0.05) is 19.1 Å². The number of piperidine rings is 1. The largest absolute Gasteiger partial charge is 0.314 e. The standard InChI is InChI=1S/C12H22N2O2S/c15-17(16,8-5-10-1-2-10)14-7-4-12-11(9-14)3-6-13-12/h10-13H,1-9H2. The van der Waals surface area contributed by atoms with Crippen LogP contribution in [0.3, 0.4) is 0 Å². The Balaban J connectivity index is 1.58. The van der Waals surface area contributed by atoms with Crippen molar-refractivity contribution in [3.05, 3.63) is 0 Å². The summed E-state index contributed by atoms with van der Waals surface area (Å²) in [4.78, 5) is 0. The van der Waals surface area contributed by atoms with Crippen LogP contribution in [-0.4, -0.2) is 44.2 Å². The van der Waals surface area contributed by atoms with Crippen molar-refractivity contribution in [1.82, 2.24) is 9.62 Å². The van der Waals surface area contributed by atoms with Gasteiger partial charge in [-0.15, -0.1) is 0 Å². The van der Waals surface area contributed by atoms with Crippen LogP contribution in [0, 0.1) is 11.8 Å². The van der Waals surface area contributed by atoms with Gasteiger partial charge in [-0.2, -0.15) is 0 Å². The van der Waals surface area contributed by atoms with Gasteiger partial charge in [-0.25, -0.2) is 12.7 Å². The van der Waals surface area contributed by atoms with E-state index in [4.69, 9.17) is 0 Å². The van der Waals surface area contributed by atoms with Crippen LogP contribution in [0.2, 0.25) is 0 Å². The van der Waals surface area contributed by atoms with Gasteiger partial charge in [0.25, 0.3) is 0 Å². The summed E-state index contributed by atoms with van der Waals surface area (Å²) in [6.07, 6.45) is 5.49. The average Bonchev–Trinajstić information content (AvgIpc) is 3.02. The molecular formula is C12H22N2O2S. The lowest BCUT2D eigenvalue weighted by atomic mass is 9.95. The zero-order valence-corrected chi connectivity index (χ0v) is 11.1. The highest BCUT2D eigenvalue weighted by molar-refractivity contribution is 7.89. The lowest BCUT2D eigenvalue weighted by Crippen LogP contribution is -2.47. The van der Waals surface area contributed by atoms with Gasteiger partial charge in [-0.05, 0) is 37.6 Å². The van der Waals surface area contributed by atoms with Crippen molar-refractivity contribution in [2.75, 3.05) is 25.4 Å². The summed E-state index contributed by atoms with van der Waals surface area (Å²) in [5, 5.41) is 3.47. The number of hydrogen-bond acceptors (Lipinski definition) is 3. The van der Waals surface area contributed by atoms with Gasteiger partial charge < -0.3 is 5.32 Å². The first-order chi connectivity index (χ1) is 8.15. The van der Waals surface area contributed by atoms with Gasteiger partial charge in [0.1, 0.15) is 0 Å². The summed E-state index contributed by atoms with van der Waals surface area (Å²) in [7, 11) is -2.97. The zero-order chi connectivity index (χ0) is 11.9. The van der Waals surface area contributed by atoms with Gasteiger partial charge in [0.2, 0.25) is 10.0 Å². The lowest BCUT2D eigenvalue weighted by molar-refractivity contribution is 0.247. The SMILES string of the molecule is O=S(=O)(CCC1CC1)N1CCC2NCCC2C1. The van der Waals surface area contributed by atoms with E-state index in [0.717, 1.165) is 38.9 Å². The van der Waals surface area contributed by atoms with Crippen LogP contribution in [0.15, 0.2) is 0 Å². The first-order valence-electron chi connectivity index (χ1n) is 6.86. The van der Waals surface area contributed by atoms with Gasteiger partial charge in [-0.1, -0.05) is 12.8 Å². The fourth-order valence-electron chi connectivity index (χ4n) is 3.12. The Bertz CT molecular complexity index is 378. The van der Waals surface area contributed by atoms with Crippen LogP contribution in [0.5, 0.6) is 0 Å². The number of nitrogens with one attached hydrogen (secondary N) is 1. The summed E-state index contributed by atoms with van der Waals surface area (Å²) >= 11 is 0. The Morgan fingerprint density at radius 3 is 2.76 bits per heavy atom. The fourth-order valence-corrected chi connectivity index (χ4v) is 4.81. The van der Waals surface area contributed by atoms with E-state index in [1.807, 2.05) is 0 Å². The molecule has 2 unspecified atom stereocenters. The third-order valence-electron chi connectivity index (χ3n) is 4.49. The van der Waals surface area contributed by atoms with Gasteiger partial charge in [0.05, 0.1) is 5.75 Å². The molecule has 1 N–H and O–H groups in total. The Kier molecular flexibility index (Phi) is 3.17. The third kappa shape index (κ3) is 2.66. The van der Waals surface area contributed by atoms with E-state index in [1.165, 1.54) is 12.8 Å². The van der Waals surface area contributed by atoms with E-state index in [0.29, 0.717) is 23.6 Å². The van der Waals surface area contributed by atoms with Crippen LogP contribution in [0.1, 0.15) is 32.1 Å². The minimum absolute atomic E-state index is 0.377. The molecule has 2 atom stereocenters. The van der Waals surface area contributed by atoms with E-state index in [1.54, 1.807) is 4.31 Å². The lowest BCUT2D eigenvalue weighted by Gasteiger charge is -2.34. The van der Waals surface area contributed by atoms with Crippen LogP contribution in [-0.2, 0) is 10.0 Å². The van der Waals surface area contributed by atoms with E-state index < -0.39 is 10.0 Å². The Morgan fingerprint density at radius 2 is 2.00 bits per heavy atom. The molecule has 1 aliphatic carbocycles. The topological polar surface area (TPSA) is 49.4 Å². The fraction of sp³-hybridized carbons (Fsp3) is 1.00. The molecular weight excluding hydrogens is 236 g/mol. The van der Waals surface area contributed by atoms with Crippen molar-refractivity contribution in [3.63, 3.8) is 0 Å². The summed E-state index contributed by atoms with van der Waals surface area (Å²) in [6, 6.07) is 0.574. The van der Waals surface area contributed by atoms with Crippen molar-refractivity contribution < 1.29 is 8.42 Å². The number of sulfonamides is 1. The van der Waals surface area contributed by atoms with Crippen molar-refractivity contribution in [2.24, 2.45) is 11.8 Å². The van der Waals surface area contributed by atoms with Crippen LogP contribution in [0.25, 0.3) is 0 Å². The molecule has 17 heavy (non-hydrogen) atoms. The Labute approximate surface area is 104 Å². The number of nitrogens with zero attached hydrogens (tertiary/aromatic N) is 1. The molecule has 0 aromatic rings. The summed E-state index contributed by atoms with van der Waals surface area (Å²) in [6.45, 7) is 2.54. The second-order valence-electron chi connectivity index (χ2n) is 5.80. The first-order valence-corrected chi connectivity index (χ1v) is 8.47. The highest BCUT2D eigenvalue weighted by Gasteiger charge is 2.37. The second kappa shape index (κ2) is 4.52. The highest BCUT2D eigenvalue weighted by atomic mass is 32.2. The number of hydrogen-bond donors (Lipinski definition) is 1. The molecule has 3 aliphatic rings. The quantitative estimate of drug-likeness (QED) is 0.811. The predicted octanol–water partition coefficient (Wildman–Crippen LogP) is 0.800. The molecule has 0 aromatic heterocycles. The molecule has 4 nitrogen and oxygen atoms in total. The molecule has 0 spiro atoms. The van der Waals surface area contributed by atoms with Crippen molar-refractivity contribution >= 4 is 10.0 Å². The second-order valence-corrected chi connectivity index (χ2v) is 7.89. The van der Waals surface area contributed by atoms with Crippen molar-refractivity contribution in [2.45, 2.75) is 38.1 Å². The molecule has 98 valence electrons. The van der Waals surface area contributed by atoms with Gasteiger partial charge >= 0.3 is 0 Å². The average molecular weight is 258 g/mol. The molecule has 0 aromatic carbocycles. The molecule has 3 fully saturated rings. The van der Waals surface area contributed by atoms with Gasteiger partial charge in [0.15, 0.2) is 0 Å². The first kappa shape index (κ1) is 11.9. The van der Waals surface area contributed by atoms with Crippen LogP contribution in [0.4, 0.5) is 0 Å². The third-order valence-corrected chi connectivity index (χ3v) is 6.36. The molecule has 1 saturated carbocycles. The number of rotatable bonds is 4. The molecule has 0 amide bonds. The summed E-state index contributed by atoms with van der Waals surface area (Å²) < 4.78 is 26.2.